The average Bonchev–Trinajstić information content (AvgIpc) is 3.32. The van der Waals surface area contributed by atoms with Crippen LogP contribution in [0.4, 0.5) is 16.0 Å². The first kappa shape index (κ1) is 14.7. The molecule has 1 aromatic heterocycles. The highest BCUT2D eigenvalue weighted by atomic mass is 19.1. The molecule has 0 aliphatic heterocycles. The molecular weight excluding hydrogens is 283 g/mol. The van der Waals surface area contributed by atoms with Crippen LogP contribution in [0.3, 0.4) is 0 Å². The Balaban J connectivity index is 1.78. The predicted molar refractivity (Wildman–Crippen MR) is 82.9 cm³/mol. The lowest BCUT2D eigenvalue weighted by Crippen LogP contribution is -2.09. The van der Waals surface area contributed by atoms with Crippen molar-refractivity contribution in [3.63, 3.8) is 0 Å². The number of nitrogens with one attached hydrogen (secondary N) is 1. The fraction of sp³-hybridized carbons (Fsp3) is 0.375. The van der Waals surface area contributed by atoms with Crippen molar-refractivity contribution in [3.8, 4) is 5.88 Å². The SMILES string of the molecule is NCCCOc1nc(Nc2cccc(F)c2)ncc1C1CC1. The molecule has 1 heterocycles. The summed E-state index contributed by atoms with van der Waals surface area (Å²) in [4.78, 5) is 8.73. The summed E-state index contributed by atoms with van der Waals surface area (Å²) < 4.78 is 19.0. The molecule has 3 rings (SSSR count). The molecule has 0 atom stereocenters. The van der Waals surface area contributed by atoms with E-state index in [9.17, 15) is 4.39 Å². The van der Waals surface area contributed by atoms with Crippen molar-refractivity contribution in [2.45, 2.75) is 25.2 Å². The van der Waals surface area contributed by atoms with Gasteiger partial charge < -0.3 is 15.8 Å². The van der Waals surface area contributed by atoms with Crippen molar-refractivity contribution in [1.29, 1.82) is 0 Å². The number of rotatable bonds is 7. The fourth-order valence-corrected chi connectivity index (χ4v) is 2.17. The Morgan fingerprint density at radius 2 is 2.23 bits per heavy atom. The second-order valence-electron chi connectivity index (χ2n) is 5.35. The van der Waals surface area contributed by atoms with Gasteiger partial charge in [0.15, 0.2) is 0 Å². The predicted octanol–water partition coefficient (Wildman–Crippen LogP) is 2.96. The minimum absolute atomic E-state index is 0.306. The van der Waals surface area contributed by atoms with Gasteiger partial charge in [-0.15, -0.1) is 0 Å². The van der Waals surface area contributed by atoms with Crippen molar-refractivity contribution >= 4 is 11.6 Å². The van der Waals surface area contributed by atoms with Gasteiger partial charge in [0, 0.05) is 17.4 Å². The standard InChI is InChI=1S/C16H19FN4O/c17-12-3-1-4-13(9-12)20-16-19-10-14(11-5-6-11)15(21-16)22-8-2-7-18/h1,3-4,9-11H,2,5-8,18H2,(H,19,20,21). The zero-order chi connectivity index (χ0) is 15.4. The Hall–Kier alpha value is -2.21. The molecule has 22 heavy (non-hydrogen) atoms. The quantitative estimate of drug-likeness (QED) is 0.769. The first-order valence-electron chi connectivity index (χ1n) is 7.48. The summed E-state index contributed by atoms with van der Waals surface area (Å²) in [5, 5.41) is 3.00. The number of nitrogens with zero attached hydrogens (tertiary/aromatic N) is 2. The van der Waals surface area contributed by atoms with Gasteiger partial charge in [0.2, 0.25) is 11.8 Å². The number of halogens is 1. The summed E-state index contributed by atoms with van der Waals surface area (Å²) in [6.45, 7) is 1.12. The zero-order valence-corrected chi connectivity index (χ0v) is 12.3. The van der Waals surface area contributed by atoms with Crippen molar-refractivity contribution in [3.05, 3.63) is 41.8 Å². The van der Waals surface area contributed by atoms with E-state index in [0.717, 1.165) is 24.8 Å². The van der Waals surface area contributed by atoms with Gasteiger partial charge in [-0.25, -0.2) is 9.37 Å². The van der Waals surface area contributed by atoms with E-state index >= 15 is 0 Å². The Kier molecular flexibility index (Phi) is 4.48. The molecule has 1 aromatic carbocycles. The number of hydrogen-bond acceptors (Lipinski definition) is 5. The number of aromatic nitrogens is 2. The van der Waals surface area contributed by atoms with Gasteiger partial charge in [0.25, 0.3) is 0 Å². The van der Waals surface area contributed by atoms with E-state index < -0.39 is 0 Å². The maximum Gasteiger partial charge on any atom is 0.230 e. The fourth-order valence-electron chi connectivity index (χ4n) is 2.17. The molecule has 0 unspecified atom stereocenters. The smallest absolute Gasteiger partial charge is 0.230 e. The van der Waals surface area contributed by atoms with Crippen molar-refractivity contribution in [1.82, 2.24) is 9.97 Å². The Morgan fingerprint density at radius 1 is 1.36 bits per heavy atom. The van der Waals surface area contributed by atoms with Crippen LogP contribution >= 0.6 is 0 Å². The zero-order valence-electron chi connectivity index (χ0n) is 12.3. The number of anilines is 2. The first-order chi connectivity index (χ1) is 10.8. The van der Waals surface area contributed by atoms with Crippen molar-refractivity contribution in [2.24, 2.45) is 5.73 Å². The van der Waals surface area contributed by atoms with Crippen molar-refractivity contribution in [2.75, 3.05) is 18.5 Å². The molecule has 5 nitrogen and oxygen atoms in total. The number of ether oxygens (including phenoxy) is 1. The van der Waals surface area contributed by atoms with Crippen LogP contribution < -0.4 is 15.8 Å². The van der Waals surface area contributed by atoms with Gasteiger partial charge in [-0.05, 0) is 49.9 Å². The number of benzene rings is 1. The summed E-state index contributed by atoms with van der Waals surface area (Å²) >= 11 is 0. The average molecular weight is 302 g/mol. The Labute approximate surface area is 128 Å². The van der Waals surface area contributed by atoms with Gasteiger partial charge in [-0.1, -0.05) is 6.07 Å². The number of nitrogens with two attached hydrogens (primary N) is 1. The molecule has 0 spiro atoms. The molecule has 0 amide bonds. The monoisotopic (exact) mass is 302 g/mol. The van der Waals surface area contributed by atoms with Gasteiger partial charge in [-0.2, -0.15) is 4.98 Å². The summed E-state index contributed by atoms with van der Waals surface area (Å²) in [7, 11) is 0. The van der Waals surface area contributed by atoms with Crippen LogP contribution in [0.25, 0.3) is 0 Å². The molecule has 1 aliphatic carbocycles. The lowest BCUT2D eigenvalue weighted by atomic mass is 10.2. The van der Waals surface area contributed by atoms with E-state index in [2.05, 4.69) is 15.3 Å². The normalized spacial score (nSPS) is 13.9. The van der Waals surface area contributed by atoms with E-state index in [4.69, 9.17) is 10.5 Å². The first-order valence-corrected chi connectivity index (χ1v) is 7.48. The molecule has 1 aliphatic rings. The molecule has 0 radical (unpaired) electrons. The van der Waals surface area contributed by atoms with Gasteiger partial charge in [0.1, 0.15) is 5.82 Å². The lowest BCUT2D eigenvalue weighted by molar-refractivity contribution is 0.298. The van der Waals surface area contributed by atoms with Gasteiger partial charge >= 0.3 is 0 Å². The summed E-state index contributed by atoms with van der Waals surface area (Å²) in [5.41, 5.74) is 7.14. The third kappa shape index (κ3) is 3.71. The number of hydrogen-bond donors (Lipinski definition) is 2. The van der Waals surface area contributed by atoms with Gasteiger partial charge in [0.05, 0.1) is 6.61 Å². The van der Waals surface area contributed by atoms with E-state index in [1.54, 1.807) is 18.3 Å². The Bertz CT molecular complexity index is 646. The third-order valence-electron chi connectivity index (χ3n) is 3.47. The van der Waals surface area contributed by atoms with Crippen LogP contribution in [-0.2, 0) is 0 Å². The molecule has 6 heteroatoms. The summed E-state index contributed by atoms with van der Waals surface area (Å²) in [6.07, 6.45) is 4.87. The molecular formula is C16H19FN4O. The highest BCUT2D eigenvalue weighted by Gasteiger charge is 2.28. The van der Waals surface area contributed by atoms with E-state index in [0.29, 0.717) is 36.6 Å². The van der Waals surface area contributed by atoms with Crippen LogP contribution in [0.1, 0.15) is 30.7 Å². The Morgan fingerprint density at radius 3 is 2.95 bits per heavy atom. The van der Waals surface area contributed by atoms with Crippen LogP contribution in [0.2, 0.25) is 0 Å². The summed E-state index contributed by atoms with van der Waals surface area (Å²) in [6, 6.07) is 6.18. The highest BCUT2D eigenvalue weighted by molar-refractivity contribution is 5.53. The lowest BCUT2D eigenvalue weighted by Gasteiger charge is -2.11. The second-order valence-corrected chi connectivity index (χ2v) is 5.35. The molecule has 3 N–H and O–H groups in total. The van der Waals surface area contributed by atoms with Crippen LogP contribution in [0, 0.1) is 5.82 Å². The van der Waals surface area contributed by atoms with Crippen LogP contribution in [-0.4, -0.2) is 23.1 Å². The minimum atomic E-state index is -0.306. The topological polar surface area (TPSA) is 73.1 Å². The maximum absolute atomic E-state index is 13.2. The minimum Gasteiger partial charge on any atom is -0.477 e. The summed E-state index contributed by atoms with van der Waals surface area (Å²) in [5.74, 6) is 1.19. The van der Waals surface area contributed by atoms with Crippen LogP contribution in [0.5, 0.6) is 5.88 Å². The largest absolute Gasteiger partial charge is 0.477 e. The molecule has 1 fully saturated rings. The van der Waals surface area contributed by atoms with Crippen molar-refractivity contribution < 1.29 is 9.13 Å². The highest BCUT2D eigenvalue weighted by Crippen LogP contribution is 2.43. The molecule has 0 saturated heterocycles. The second kappa shape index (κ2) is 6.70. The van der Waals surface area contributed by atoms with E-state index in [1.807, 2.05) is 0 Å². The molecule has 116 valence electrons. The van der Waals surface area contributed by atoms with Gasteiger partial charge in [-0.3, -0.25) is 0 Å². The van der Waals surface area contributed by atoms with E-state index in [1.165, 1.54) is 12.1 Å². The van der Waals surface area contributed by atoms with E-state index in [-0.39, 0.29) is 5.82 Å². The third-order valence-corrected chi connectivity index (χ3v) is 3.47. The molecule has 0 bridgehead atoms. The molecule has 2 aromatic rings. The maximum atomic E-state index is 13.2. The van der Waals surface area contributed by atoms with Crippen LogP contribution in [0.15, 0.2) is 30.5 Å². The molecule has 1 saturated carbocycles.